The van der Waals surface area contributed by atoms with Crippen molar-refractivity contribution < 1.29 is 9.47 Å². The minimum atomic E-state index is 0.413. The number of rotatable bonds is 2. The highest BCUT2D eigenvalue weighted by Crippen LogP contribution is 2.34. The third kappa shape index (κ3) is 1.35. The number of halogens is 1. The molecule has 1 fully saturated rings. The van der Waals surface area contributed by atoms with Gasteiger partial charge in [0, 0.05) is 0 Å². The molecule has 1 aliphatic rings. The molecule has 0 unspecified atom stereocenters. The van der Waals surface area contributed by atoms with E-state index in [0.717, 1.165) is 34.5 Å². The summed E-state index contributed by atoms with van der Waals surface area (Å²) in [5.74, 6) is 0.788. The predicted octanol–water partition coefficient (Wildman–Crippen LogP) is 2.38. The number of hydrogen-bond acceptors (Lipinski definition) is 3. The third-order valence-corrected chi connectivity index (χ3v) is 3.49. The fourth-order valence-corrected chi connectivity index (χ4v) is 2.40. The van der Waals surface area contributed by atoms with Gasteiger partial charge in [0.05, 0.1) is 42.7 Å². The Morgan fingerprint density at radius 3 is 2.94 bits per heavy atom. The highest BCUT2D eigenvalue weighted by Gasteiger charge is 2.23. The highest BCUT2D eigenvalue weighted by atomic mass is 79.9. The normalized spacial score (nSPS) is 16.4. The maximum atomic E-state index is 5.35. The molecular weight excluding hydrogens is 272 g/mol. The van der Waals surface area contributed by atoms with E-state index in [1.165, 1.54) is 0 Å². The van der Waals surface area contributed by atoms with Crippen LogP contribution in [0.4, 0.5) is 0 Å². The molecule has 0 aliphatic carbocycles. The molecule has 0 atom stereocenters. The van der Waals surface area contributed by atoms with Crippen LogP contribution < -0.4 is 4.74 Å². The van der Waals surface area contributed by atoms with Gasteiger partial charge < -0.3 is 14.0 Å². The Bertz CT molecular complexity index is 534. The van der Waals surface area contributed by atoms with Crippen molar-refractivity contribution in [3.05, 3.63) is 22.9 Å². The molecule has 5 heteroatoms. The minimum Gasteiger partial charge on any atom is -0.493 e. The lowest BCUT2D eigenvalue weighted by Crippen LogP contribution is -2.30. The van der Waals surface area contributed by atoms with Crippen LogP contribution in [0.5, 0.6) is 5.75 Å². The van der Waals surface area contributed by atoms with Gasteiger partial charge in [-0.05, 0) is 28.1 Å². The van der Waals surface area contributed by atoms with Crippen LogP contribution in [-0.2, 0) is 4.74 Å². The average Bonchev–Trinajstić information content (AvgIpc) is 2.60. The molecule has 1 aromatic carbocycles. The molecule has 1 aliphatic heterocycles. The monoisotopic (exact) mass is 282 g/mol. The first-order chi connectivity index (χ1) is 7.81. The second-order valence-corrected chi connectivity index (χ2v) is 4.65. The summed E-state index contributed by atoms with van der Waals surface area (Å²) in [6.45, 7) is 1.54. The highest BCUT2D eigenvalue weighted by molar-refractivity contribution is 9.10. The fourth-order valence-electron chi connectivity index (χ4n) is 1.92. The van der Waals surface area contributed by atoms with Gasteiger partial charge in [-0.1, -0.05) is 0 Å². The number of nitrogens with zero attached hydrogens (tertiary/aromatic N) is 2. The van der Waals surface area contributed by atoms with E-state index in [4.69, 9.17) is 9.47 Å². The maximum Gasteiger partial charge on any atom is 0.160 e. The Balaban J connectivity index is 2.19. The van der Waals surface area contributed by atoms with Crippen molar-refractivity contribution in [2.45, 2.75) is 6.04 Å². The Kier molecular flexibility index (Phi) is 2.37. The quantitative estimate of drug-likeness (QED) is 0.849. The van der Waals surface area contributed by atoms with Gasteiger partial charge in [-0.25, -0.2) is 4.98 Å². The molecule has 1 saturated heterocycles. The molecule has 84 valence electrons. The second-order valence-electron chi connectivity index (χ2n) is 3.79. The van der Waals surface area contributed by atoms with E-state index in [-0.39, 0.29) is 0 Å². The Labute approximate surface area is 101 Å². The molecule has 1 aromatic heterocycles. The lowest BCUT2D eigenvalue weighted by molar-refractivity contribution is -0.0216. The molecule has 0 amide bonds. The number of ether oxygens (including phenoxy) is 2. The number of imidazole rings is 1. The zero-order valence-electron chi connectivity index (χ0n) is 8.81. The van der Waals surface area contributed by atoms with Crippen molar-refractivity contribution in [1.82, 2.24) is 9.55 Å². The number of hydrogen-bond donors (Lipinski definition) is 0. The van der Waals surface area contributed by atoms with Crippen LogP contribution in [0.15, 0.2) is 22.9 Å². The minimum absolute atomic E-state index is 0.413. The predicted molar refractivity (Wildman–Crippen MR) is 63.8 cm³/mol. The number of benzene rings is 1. The van der Waals surface area contributed by atoms with Crippen LogP contribution in [0.1, 0.15) is 6.04 Å². The van der Waals surface area contributed by atoms with Crippen molar-refractivity contribution in [2.75, 3.05) is 20.3 Å². The fraction of sp³-hybridized carbons (Fsp3) is 0.364. The van der Waals surface area contributed by atoms with E-state index >= 15 is 0 Å². The smallest absolute Gasteiger partial charge is 0.160 e. The summed E-state index contributed by atoms with van der Waals surface area (Å²) in [6, 6.07) is 4.45. The summed E-state index contributed by atoms with van der Waals surface area (Å²) >= 11 is 3.46. The van der Waals surface area contributed by atoms with Crippen LogP contribution in [0, 0.1) is 0 Å². The molecule has 4 nitrogen and oxygen atoms in total. The largest absolute Gasteiger partial charge is 0.493 e. The topological polar surface area (TPSA) is 36.3 Å². The van der Waals surface area contributed by atoms with Gasteiger partial charge in [-0.2, -0.15) is 0 Å². The van der Waals surface area contributed by atoms with Crippen molar-refractivity contribution in [3.8, 4) is 5.75 Å². The number of fused-ring (bicyclic) bond motifs is 1. The molecule has 0 spiro atoms. The molecule has 3 rings (SSSR count). The lowest BCUT2D eigenvalue weighted by Gasteiger charge is -2.27. The van der Waals surface area contributed by atoms with E-state index in [1.54, 1.807) is 7.11 Å². The molecule has 16 heavy (non-hydrogen) atoms. The van der Waals surface area contributed by atoms with Gasteiger partial charge >= 0.3 is 0 Å². The van der Waals surface area contributed by atoms with Gasteiger partial charge in [-0.3, -0.25) is 0 Å². The van der Waals surface area contributed by atoms with Gasteiger partial charge in [0.1, 0.15) is 5.52 Å². The summed E-state index contributed by atoms with van der Waals surface area (Å²) < 4.78 is 13.6. The summed E-state index contributed by atoms with van der Waals surface area (Å²) in [5, 5.41) is 0. The van der Waals surface area contributed by atoms with Crippen molar-refractivity contribution in [2.24, 2.45) is 0 Å². The first-order valence-electron chi connectivity index (χ1n) is 5.08. The second kappa shape index (κ2) is 3.75. The number of aromatic nitrogens is 2. The van der Waals surface area contributed by atoms with Crippen LogP contribution in [-0.4, -0.2) is 29.9 Å². The van der Waals surface area contributed by atoms with Crippen LogP contribution in [0.3, 0.4) is 0 Å². The Hall–Kier alpha value is -1.07. The summed E-state index contributed by atoms with van der Waals surface area (Å²) in [7, 11) is 1.66. The van der Waals surface area contributed by atoms with Crippen molar-refractivity contribution in [1.29, 1.82) is 0 Å². The number of methoxy groups -OCH3 is 1. The molecule has 0 N–H and O–H groups in total. The summed E-state index contributed by atoms with van der Waals surface area (Å²) in [4.78, 5) is 4.41. The summed E-state index contributed by atoms with van der Waals surface area (Å²) in [6.07, 6.45) is 1.85. The first-order valence-corrected chi connectivity index (χ1v) is 5.87. The lowest BCUT2D eigenvalue weighted by atomic mass is 10.2. The van der Waals surface area contributed by atoms with E-state index in [1.807, 2.05) is 18.5 Å². The van der Waals surface area contributed by atoms with Crippen LogP contribution in [0.25, 0.3) is 11.0 Å². The van der Waals surface area contributed by atoms with Gasteiger partial charge in [0.2, 0.25) is 0 Å². The van der Waals surface area contributed by atoms with Crippen LogP contribution >= 0.6 is 15.9 Å². The van der Waals surface area contributed by atoms with E-state index in [2.05, 4.69) is 25.5 Å². The zero-order valence-corrected chi connectivity index (χ0v) is 10.4. The van der Waals surface area contributed by atoms with Crippen LogP contribution in [0.2, 0.25) is 0 Å². The van der Waals surface area contributed by atoms with Gasteiger partial charge in [-0.15, -0.1) is 0 Å². The molecule has 0 bridgehead atoms. The van der Waals surface area contributed by atoms with E-state index < -0.39 is 0 Å². The molecule has 2 aromatic rings. The van der Waals surface area contributed by atoms with Crippen molar-refractivity contribution in [3.63, 3.8) is 0 Å². The summed E-state index contributed by atoms with van der Waals surface area (Å²) in [5.41, 5.74) is 1.98. The maximum absolute atomic E-state index is 5.35. The van der Waals surface area contributed by atoms with Crippen molar-refractivity contribution >= 4 is 27.0 Å². The SMILES string of the molecule is COc1c(Br)ccc2c1ncn2C1COC1. The zero-order chi connectivity index (χ0) is 11.1. The van der Waals surface area contributed by atoms with E-state index in [9.17, 15) is 0 Å². The molecular formula is C11H11BrN2O2. The standard InChI is InChI=1S/C11H11BrN2O2/c1-15-11-8(12)2-3-9-10(11)13-6-14(9)7-4-16-5-7/h2-3,6-7H,4-5H2,1H3. The first kappa shape index (κ1) is 10.1. The molecule has 0 radical (unpaired) electrons. The third-order valence-electron chi connectivity index (χ3n) is 2.87. The Morgan fingerprint density at radius 2 is 2.31 bits per heavy atom. The average molecular weight is 283 g/mol. The Morgan fingerprint density at radius 1 is 1.50 bits per heavy atom. The van der Waals surface area contributed by atoms with Gasteiger partial charge in [0.25, 0.3) is 0 Å². The molecule has 2 heterocycles. The van der Waals surface area contributed by atoms with E-state index in [0.29, 0.717) is 6.04 Å². The molecule has 0 saturated carbocycles. The van der Waals surface area contributed by atoms with Gasteiger partial charge in [0.15, 0.2) is 5.75 Å².